The Hall–Kier alpha value is -2.51. The lowest BCUT2D eigenvalue weighted by atomic mass is 10.3. The topological polar surface area (TPSA) is 66.7 Å². The number of para-hydroxylation sites is 1. The van der Waals surface area contributed by atoms with Crippen molar-refractivity contribution in [1.29, 1.82) is 0 Å². The fourth-order valence-corrected chi connectivity index (χ4v) is 3.16. The van der Waals surface area contributed by atoms with E-state index in [1.807, 2.05) is 55.3 Å². The number of carbonyl (C=O) groups excluding carboxylic acids is 1. The molecule has 0 saturated carbocycles. The number of anilines is 1. The van der Waals surface area contributed by atoms with Crippen molar-refractivity contribution in [3.8, 4) is 0 Å². The maximum Gasteiger partial charge on any atom is 0.258 e. The SMILES string of the molecule is Cc1cccc2nc(CN(C)CC(=O)Nc3ccccc3Br)cc(=O)n12. The van der Waals surface area contributed by atoms with Crippen molar-refractivity contribution in [3.63, 3.8) is 0 Å². The highest BCUT2D eigenvalue weighted by molar-refractivity contribution is 9.10. The molecular formula is C19H19BrN4O2. The number of nitrogens with one attached hydrogen (secondary N) is 1. The summed E-state index contributed by atoms with van der Waals surface area (Å²) >= 11 is 3.41. The minimum absolute atomic E-state index is 0.117. The zero-order valence-corrected chi connectivity index (χ0v) is 16.2. The van der Waals surface area contributed by atoms with Crippen LogP contribution in [0.3, 0.4) is 0 Å². The molecule has 26 heavy (non-hydrogen) atoms. The lowest BCUT2D eigenvalue weighted by Gasteiger charge is -2.16. The molecule has 0 spiro atoms. The maximum absolute atomic E-state index is 12.3. The fraction of sp³-hybridized carbons (Fsp3) is 0.211. The Bertz CT molecular complexity index is 1020. The maximum atomic E-state index is 12.3. The Morgan fingerprint density at radius 2 is 2.00 bits per heavy atom. The summed E-state index contributed by atoms with van der Waals surface area (Å²) in [4.78, 5) is 30.9. The molecule has 0 aliphatic heterocycles. The molecule has 0 fully saturated rings. The summed E-state index contributed by atoms with van der Waals surface area (Å²) in [6.45, 7) is 2.47. The first kappa shape index (κ1) is 18.3. The Kier molecular flexibility index (Phi) is 5.49. The standard InChI is InChI=1S/C19H19BrN4O2/c1-13-6-5-9-17-21-14(10-19(26)24(13)17)11-23(2)12-18(25)22-16-8-4-3-7-15(16)20/h3-10H,11-12H2,1-2H3,(H,22,25). The van der Waals surface area contributed by atoms with Gasteiger partial charge in [0.15, 0.2) is 0 Å². The van der Waals surface area contributed by atoms with E-state index < -0.39 is 0 Å². The third kappa shape index (κ3) is 4.17. The normalized spacial score (nSPS) is 11.1. The zero-order valence-electron chi connectivity index (χ0n) is 14.6. The van der Waals surface area contributed by atoms with Gasteiger partial charge in [-0.1, -0.05) is 18.2 Å². The monoisotopic (exact) mass is 414 g/mol. The number of aryl methyl sites for hydroxylation is 1. The van der Waals surface area contributed by atoms with E-state index in [4.69, 9.17) is 0 Å². The van der Waals surface area contributed by atoms with Crippen molar-refractivity contribution in [3.05, 3.63) is 74.7 Å². The van der Waals surface area contributed by atoms with Crippen LogP contribution in [0.15, 0.2) is 57.8 Å². The van der Waals surface area contributed by atoms with Gasteiger partial charge in [-0.3, -0.25) is 18.9 Å². The summed E-state index contributed by atoms with van der Waals surface area (Å²) in [5.41, 5.74) is 2.70. The van der Waals surface area contributed by atoms with Crippen LogP contribution >= 0.6 is 15.9 Å². The van der Waals surface area contributed by atoms with Crippen LogP contribution in [0.2, 0.25) is 0 Å². The highest BCUT2D eigenvalue weighted by Crippen LogP contribution is 2.21. The van der Waals surface area contributed by atoms with Gasteiger partial charge in [-0.05, 0) is 54.2 Å². The highest BCUT2D eigenvalue weighted by atomic mass is 79.9. The average Bonchev–Trinajstić information content (AvgIpc) is 2.56. The van der Waals surface area contributed by atoms with Crippen LogP contribution < -0.4 is 10.9 Å². The number of aromatic nitrogens is 2. The summed E-state index contributed by atoms with van der Waals surface area (Å²) in [5.74, 6) is -0.132. The van der Waals surface area contributed by atoms with Crippen LogP contribution in [0.4, 0.5) is 5.69 Å². The second kappa shape index (κ2) is 7.80. The molecule has 6 nitrogen and oxygen atoms in total. The molecule has 3 rings (SSSR count). The molecule has 0 saturated heterocycles. The number of likely N-dealkylation sites (N-methyl/N-ethyl adjacent to an activating group) is 1. The third-order valence-electron chi connectivity index (χ3n) is 3.93. The molecule has 0 aliphatic carbocycles. The van der Waals surface area contributed by atoms with Gasteiger partial charge in [0.1, 0.15) is 5.65 Å². The first-order chi connectivity index (χ1) is 12.4. The lowest BCUT2D eigenvalue weighted by molar-refractivity contribution is -0.117. The van der Waals surface area contributed by atoms with Gasteiger partial charge in [-0.25, -0.2) is 4.98 Å². The van der Waals surface area contributed by atoms with Crippen molar-refractivity contribution in [2.45, 2.75) is 13.5 Å². The first-order valence-corrected chi connectivity index (χ1v) is 8.94. The largest absolute Gasteiger partial charge is 0.324 e. The minimum atomic E-state index is -0.132. The van der Waals surface area contributed by atoms with Gasteiger partial charge in [0, 0.05) is 22.8 Å². The summed E-state index contributed by atoms with van der Waals surface area (Å²) < 4.78 is 2.40. The summed E-state index contributed by atoms with van der Waals surface area (Å²) in [6, 6.07) is 14.5. The molecule has 1 aromatic carbocycles. The predicted molar refractivity (Wildman–Crippen MR) is 105 cm³/mol. The summed E-state index contributed by atoms with van der Waals surface area (Å²) in [5, 5.41) is 2.86. The van der Waals surface area contributed by atoms with Gasteiger partial charge in [-0.15, -0.1) is 0 Å². The van der Waals surface area contributed by atoms with Gasteiger partial charge in [0.05, 0.1) is 17.9 Å². The number of hydrogen-bond donors (Lipinski definition) is 1. The Morgan fingerprint density at radius 1 is 1.23 bits per heavy atom. The Morgan fingerprint density at radius 3 is 2.77 bits per heavy atom. The number of benzene rings is 1. The van der Waals surface area contributed by atoms with Crippen LogP contribution in [-0.2, 0) is 11.3 Å². The second-order valence-corrected chi connectivity index (χ2v) is 7.00. The van der Waals surface area contributed by atoms with Gasteiger partial charge in [0.2, 0.25) is 5.91 Å². The molecule has 0 atom stereocenters. The van der Waals surface area contributed by atoms with E-state index in [-0.39, 0.29) is 18.0 Å². The number of rotatable bonds is 5. The summed E-state index contributed by atoms with van der Waals surface area (Å²) in [7, 11) is 1.82. The molecule has 1 amide bonds. The molecule has 134 valence electrons. The van der Waals surface area contributed by atoms with Gasteiger partial charge in [-0.2, -0.15) is 0 Å². The average molecular weight is 415 g/mol. The van der Waals surface area contributed by atoms with Crippen LogP contribution in [0.5, 0.6) is 0 Å². The van der Waals surface area contributed by atoms with Gasteiger partial charge < -0.3 is 5.32 Å². The zero-order chi connectivity index (χ0) is 18.7. The van der Waals surface area contributed by atoms with E-state index in [0.29, 0.717) is 17.9 Å². The van der Waals surface area contributed by atoms with Crippen molar-refractivity contribution in [2.24, 2.45) is 0 Å². The molecule has 2 aromatic heterocycles. The van der Waals surface area contributed by atoms with Crippen molar-refractivity contribution >= 4 is 33.2 Å². The van der Waals surface area contributed by atoms with E-state index in [9.17, 15) is 9.59 Å². The smallest absolute Gasteiger partial charge is 0.258 e. The van der Waals surface area contributed by atoms with Crippen LogP contribution in [0.25, 0.3) is 5.65 Å². The molecule has 1 N–H and O–H groups in total. The summed E-state index contributed by atoms with van der Waals surface area (Å²) in [6.07, 6.45) is 0. The highest BCUT2D eigenvalue weighted by Gasteiger charge is 2.11. The molecule has 3 aromatic rings. The van der Waals surface area contributed by atoms with Gasteiger partial charge >= 0.3 is 0 Å². The van der Waals surface area contributed by atoms with E-state index in [1.165, 1.54) is 6.07 Å². The third-order valence-corrected chi connectivity index (χ3v) is 4.62. The minimum Gasteiger partial charge on any atom is -0.324 e. The molecule has 0 radical (unpaired) electrons. The molecule has 7 heteroatoms. The number of pyridine rings is 1. The number of fused-ring (bicyclic) bond motifs is 1. The van der Waals surface area contributed by atoms with Crippen molar-refractivity contribution < 1.29 is 4.79 Å². The number of nitrogens with zero attached hydrogens (tertiary/aromatic N) is 3. The molecular weight excluding hydrogens is 396 g/mol. The molecule has 2 heterocycles. The lowest BCUT2D eigenvalue weighted by Crippen LogP contribution is -2.31. The molecule has 0 unspecified atom stereocenters. The predicted octanol–water partition coefficient (Wildman–Crippen LogP) is 2.84. The van der Waals surface area contributed by atoms with Crippen LogP contribution in [0.1, 0.15) is 11.4 Å². The van der Waals surface area contributed by atoms with E-state index in [2.05, 4.69) is 26.2 Å². The Labute approximate surface area is 159 Å². The van der Waals surface area contributed by atoms with E-state index >= 15 is 0 Å². The number of hydrogen-bond acceptors (Lipinski definition) is 4. The molecule has 0 aliphatic rings. The van der Waals surface area contributed by atoms with E-state index in [1.54, 1.807) is 10.5 Å². The second-order valence-electron chi connectivity index (χ2n) is 6.15. The number of carbonyl (C=O) groups is 1. The number of halogens is 1. The van der Waals surface area contributed by atoms with Crippen LogP contribution in [-0.4, -0.2) is 33.8 Å². The first-order valence-electron chi connectivity index (χ1n) is 8.15. The van der Waals surface area contributed by atoms with E-state index in [0.717, 1.165) is 15.9 Å². The van der Waals surface area contributed by atoms with Gasteiger partial charge in [0.25, 0.3) is 5.56 Å². The Balaban J connectivity index is 1.69. The fourth-order valence-electron chi connectivity index (χ4n) is 2.77. The van der Waals surface area contributed by atoms with Crippen molar-refractivity contribution in [2.75, 3.05) is 18.9 Å². The number of amides is 1. The van der Waals surface area contributed by atoms with Crippen molar-refractivity contribution in [1.82, 2.24) is 14.3 Å². The molecule has 0 bridgehead atoms. The quantitative estimate of drug-likeness (QED) is 0.696. The van der Waals surface area contributed by atoms with Crippen LogP contribution in [0, 0.1) is 6.92 Å².